The monoisotopic (exact) mass is 358 g/mol. The van der Waals surface area contributed by atoms with Crippen LogP contribution in [0.5, 0.6) is 28.7 Å². The first kappa shape index (κ1) is 19.6. The number of benzene rings is 2. The zero-order valence-electron chi connectivity index (χ0n) is 15.6. The third-order valence-corrected chi connectivity index (χ3v) is 3.76. The molecular weight excluding hydrogens is 332 g/mol. The molecular formula is C21H26O5. The second-order valence-corrected chi connectivity index (χ2v) is 5.71. The number of hydrogen-bond donors (Lipinski definition) is 0. The quantitative estimate of drug-likeness (QED) is 0.405. The highest BCUT2D eigenvalue weighted by molar-refractivity contribution is 5.78. The van der Waals surface area contributed by atoms with Gasteiger partial charge in [-0.25, -0.2) is 0 Å². The van der Waals surface area contributed by atoms with E-state index < -0.39 is 0 Å². The van der Waals surface area contributed by atoms with Gasteiger partial charge in [-0.2, -0.15) is 0 Å². The number of para-hydroxylation sites is 2. The maximum Gasteiger partial charge on any atom is 0.204 e. The Bertz CT molecular complexity index is 712. The molecule has 2 aromatic rings. The SMILES string of the molecule is CCCCCOc1c(OC)cc(C=O)cc1Oc1ccccc1OCC. The molecule has 0 spiro atoms. The molecule has 0 aliphatic rings. The van der Waals surface area contributed by atoms with Crippen molar-refractivity contribution in [3.63, 3.8) is 0 Å². The molecule has 0 fully saturated rings. The lowest BCUT2D eigenvalue weighted by molar-refractivity contribution is 0.112. The topological polar surface area (TPSA) is 54.0 Å². The first-order chi connectivity index (χ1) is 12.7. The lowest BCUT2D eigenvalue weighted by atomic mass is 10.2. The van der Waals surface area contributed by atoms with Crippen molar-refractivity contribution in [1.29, 1.82) is 0 Å². The summed E-state index contributed by atoms with van der Waals surface area (Å²) >= 11 is 0. The van der Waals surface area contributed by atoms with Crippen LogP contribution in [0.4, 0.5) is 0 Å². The van der Waals surface area contributed by atoms with Crippen LogP contribution >= 0.6 is 0 Å². The first-order valence-electron chi connectivity index (χ1n) is 8.93. The van der Waals surface area contributed by atoms with Crippen LogP contribution in [0.2, 0.25) is 0 Å². The summed E-state index contributed by atoms with van der Waals surface area (Å²) in [6.07, 6.45) is 3.88. The maximum absolute atomic E-state index is 11.3. The molecule has 0 saturated carbocycles. The Hall–Kier alpha value is -2.69. The molecule has 26 heavy (non-hydrogen) atoms. The molecule has 0 aliphatic carbocycles. The van der Waals surface area contributed by atoms with Gasteiger partial charge in [-0.1, -0.05) is 31.9 Å². The van der Waals surface area contributed by atoms with E-state index in [1.165, 1.54) is 0 Å². The van der Waals surface area contributed by atoms with Gasteiger partial charge in [0.25, 0.3) is 0 Å². The van der Waals surface area contributed by atoms with Crippen LogP contribution in [0.3, 0.4) is 0 Å². The third-order valence-electron chi connectivity index (χ3n) is 3.76. The number of carbonyl (C=O) groups is 1. The fourth-order valence-corrected chi connectivity index (χ4v) is 2.49. The van der Waals surface area contributed by atoms with E-state index in [9.17, 15) is 4.79 Å². The second kappa shape index (κ2) is 10.3. The summed E-state index contributed by atoms with van der Waals surface area (Å²) in [7, 11) is 1.54. The molecule has 0 aliphatic heterocycles. The van der Waals surface area contributed by atoms with E-state index in [1.54, 1.807) is 19.2 Å². The van der Waals surface area contributed by atoms with E-state index in [4.69, 9.17) is 18.9 Å². The lowest BCUT2D eigenvalue weighted by Crippen LogP contribution is -2.03. The van der Waals surface area contributed by atoms with E-state index in [-0.39, 0.29) is 0 Å². The average molecular weight is 358 g/mol. The lowest BCUT2D eigenvalue weighted by Gasteiger charge is -2.17. The van der Waals surface area contributed by atoms with Crippen LogP contribution in [-0.2, 0) is 0 Å². The van der Waals surface area contributed by atoms with E-state index >= 15 is 0 Å². The molecule has 0 unspecified atom stereocenters. The summed E-state index contributed by atoms with van der Waals surface area (Å²) in [6.45, 7) is 5.13. The number of carbonyl (C=O) groups excluding carboxylic acids is 1. The number of unbranched alkanes of at least 4 members (excludes halogenated alkanes) is 2. The zero-order chi connectivity index (χ0) is 18.8. The smallest absolute Gasteiger partial charge is 0.204 e. The van der Waals surface area contributed by atoms with Gasteiger partial charge < -0.3 is 18.9 Å². The Labute approximate surface area is 154 Å². The van der Waals surface area contributed by atoms with Crippen molar-refractivity contribution in [2.45, 2.75) is 33.1 Å². The first-order valence-corrected chi connectivity index (χ1v) is 8.93. The van der Waals surface area contributed by atoms with Gasteiger partial charge in [0, 0.05) is 5.56 Å². The van der Waals surface area contributed by atoms with Crippen molar-refractivity contribution in [2.75, 3.05) is 20.3 Å². The van der Waals surface area contributed by atoms with Crippen molar-refractivity contribution in [2.24, 2.45) is 0 Å². The molecule has 5 nitrogen and oxygen atoms in total. The number of rotatable bonds is 11. The molecule has 0 bridgehead atoms. The summed E-state index contributed by atoms with van der Waals surface area (Å²) in [6, 6.07) is 10.7. The molecule has 0 amide bonds. The number of ether oxygens (including phenoxy) is 4. The molecule has 2 rings (SSSR count). The van der Waals surface area contributed by atoms with Crippen LogP contribution in [0.15, 0.2) is 36.4 Å². The Morgan fingerprint density at radius 2 is 1.65 bits per heavy atom. The maximum atomic E-state index is 11.3. The summed E-state index contributed by atoms with van der Waals surface area (Å²) in [5, 5.41) is 0. The van der Waals surface area contributed by atoms with Gasteiger partial charge in [0.2, 0.25) is 5.75 Å². The van der Waals surface area contributed by atoms with Crippen molar-refractivity contribution >= 4 is 6.29 Å². The molecule has 0 aromatic heterocycles. The predicted octanol–water partition coefficient (Wildman–Crippen LogP) is 5.27. The van der Waals surface area contributed by atoms with E-state index in [1.807, 2.05) is 31.2 Å². The van der Waals surface area contributed by atoms with E-state index in [0.29, 0.717) is 47.5 Å². The van der Waals surface area contributed by atoms with Crippen molar-refractivity contribution in [3.05, 3.63) is 42.0 Å². The van der Waals surface area contributed by atoms with Crippen LogP contribution < -0.4 is 18.9 Å². The molecule has 5 heteroatoms. The number of aldehydes is 1. The standard InChI is InChI=1S/C21H26O5/c1-4-6-9-12-25-21-19(23-3)13-16(15-22)14-20(21)26-18-11-8-7-10-17(18)24-5-2/h7-8,10-11,13-15H,4-6,9,12H2,1-3H3. The Balaban J connectivity index is 2.36. The van der Waals surface area contributed by atoms with Gasteiger partial charge in [-0.3, -0.25) is 4.79 Å². The highest BCUT2D eigenvalue weighted by Crippen LogP contribution is 2.42. The molecule has 0 radical (unpaired) electrons. The van der Waals surface area contributed by atoms with Crippen LogP contribution in [0.25, 0.3) is 0 Å². The van der Waals surface area contributed by atoms with E-state index in [0.717, 1.165) is 25.5 Å². The molecule has 0 N–H and O–H groups in total. The summed E-state index contributed by atoms with van der Waals surface area (Å²) < 4.78 is 23.0. The number of methoxy groups -OCH3 is 1. The minimum atomic E-state index is 0.426. The largest absolute Gasteiger partial charge is 0.493 e. The van der Waals surface area contributed by atoms with Crippen molar-refractivity contribution < 1.29 is 23.7 Å². The molecule has 0 atom stereocenters. The average Bonchev–Trinajstić information content (AvgIpc) is 2.67. The van der Waals surface area contributed by atoms with Crippen molar-refractivity contribution in [1.82, 2.24) is 0 Å². The van der Waals surface area contributed by atoms with E-state index in [2.05, 4.69) is 6.92 Å². The highest BCUT2D eigenvalue weighted by Gasteiger charge is 2.17. The third kappa shape index (κ3) is 5.15. The molecule has 140 valence electrons. The normalized spacial score (nSPS) is 10.3. The highest BCUT2D eigenvalue weighted by atomic mass is 16.6. The van der Waals surface area contributed by atoms with Crippen molar-refractivity contribution in [3.8, 4) is 28.7 Å². The Morgan fingerprint density at radius 3 is 2.31 bits per heavy atom. The second-order valence-electron chi connectivity index (χ2n) is 5.71. The number of hydrogen-bond acceptors (Lipinski definition) is 5. The van der Waals surface area contributed by atoms with Gasteiger partial charge in [-0.05, 0) is 37.6 Å². The summed E-state index contributed by atoms with van der Waals surface area (Å²) in [4.78, 5) is 11.3. The van der Waals surface area contributed by atoms with Gasteiger partial charge in [0.1, 0.15) is 6.29 Å². The van der Waals surface area contributed by atoms with Crippen LogP contribution in [0.1, 0.15) is 43.5 Å². The van der Waals surface area contributed by atoms with Crippen LogP contribution in [0, 0.1) is 0 Å². The van der Waals surface area contributed by atoms with Gasteiger partial charge >= 0.3 is 0 Å². The van der Waals surface area contributed by atoms with Gasteiger partial charge in [0.15, 0.2) is 23.0 Å². The molecule has 0 heterocycles. The fourth-order valence-electron chi connectivity index (χ4n) is 2.49. The predicted molar refractivity (Wildman–Crippen MR) is 101 cm³/mol. The Kier molecular flexibility index (Phi) is 7.80. The summed E-state index contributed by atoms with van der Waals surface area (Å²) in [5.74, 6) is 2.56. The molecule has 0 saturated heterocycles. The zero-order valence-corrected chi connectivity index (χ0v) is 15.6. The fraction of sp³-hybridized carbons (Fsp3) is 0.381. The molecule has 2 aromatic carbocycles. The van der Waals surface area contributed by atoms with Crippen LogP contribution in [-0.4, -0.2) is 26.6 Å². The summed E-state index contributed by atoms with van der Waals surface area (Å²) in [5.41, 5.74) is 0.451. The van der Waals surface area contributed by atoms with Gasteiger partial charge in [-0.15, -0.1) is 0 Å². The Morgan fingerprint density at radius 1 is 0.923 bits per heavy atom. The van der Waals surface area contributed by atoms with Gasteiger partial charge in [0.05, 0.1) is 20.3 Å². The minimum Gasteiger partial charge on any atom is -0.493 e. The minimum absolute atomic E-state index is 0.426.